The van der Waals surface area contributed by atoms with E-state index in [4.69, 9.17) is 4.74 Å². The first-order valence-corrected chi connectivity index (χ1v) is 11.9. The van der Waals surface area contributed by atoms with Crippen molar-refractivity contribution < 1.29 is 14.6 Å². The Morgan fingerprint density at radius 3 is 2.43 bits per heavy atom. The van der Waals surface area contributed by atoms with Crippen molar-refractivity contribution in [3.63, 3.8) is 0 Å². The average molecular weight is 469 g/mol. The summed E-state index contributed by atoms with van der Waals surface area (Å²) in [6.07, 6.45) is 3.56. The number of likely N-dealkylation sites (tertiary alicyclic amines) is 1. The standard InChI is InChI=1S/C28H28N4O3/c33-27(23-14-6-8-16-25(23)35-19-21-11-3-1-4-12-21)30-29-26-22-13-5-7-15-24(22)32(28(26)34)20-31-17-9-2-10-18-31/h1,3-8,11-16,34H,2,9-10,17-20H2. The van der Waals surface area contributed by atoms with Crippen LogP contribution in [0.15, 0.2) is 89.1 Å². The fraction of sp³-hybridized carbons (Fsp3) is 0.250. The second kappa shape index (κ2) is 10.5. The van der Waals surface area contributed by atoms with Gasteiger partial charge in [-0.3, -0.25) is 14.3 Å². The Morgan fingerprint density at radius 1 is 0.886 bits per heavy atom. The molecule has 1 aromatic heterocycles. The second-order valence-electron chi connectivity index (χ2n) is 8.71. The zero-order valence-electron chi connectivity index (χ0n) is 19.5. The van der Waals surface area contributed by atoms with E-state index in [9.17, 15) is 9.90 Å². The second-order valence-corrected chi connectivity index (χ2v) is 8.71. The van der Waals surface area contributed by atoms with Gasteiger partial charge in [0.15, 0.2) is 5.69 Å². The van der Waals surface area contributed by atoms with Gasteiger partial charge in [-0.1, -0.05) is 67.1 Å². The quantitative estimate of drug-likeness (QED) is 0.323. The molecule has 7 nitrogen and oxygen atoms in total. The molecule has 4 aromatic rings. The Morgan fingerprint density at radius 2 is 1.60 bits per heavy atom. The molecule has 7 heteroatoms. The van der Waals surface area contributed by atoms with E-state index in [0.29, 0.717) is 30.3 Å². The molecule has 35 heavy (non-hydrogen) atoms. The van der Waals surface area contributed by atoms with Gasteiger partial charge in [0.2, 0.25) is 5.88 Å². The largest absolute Gasteiger partial charge is 0.493 e. The van der Waals surface area contributed by atoms with Gasteiger partial charge < -0.3 is 9.84 Å². The number of aromatic hydroxyl groups is 1. The van der Waals surface area contributed by atoms with Crippen molar-refractivity contribution in [2.45, 2.75) is 32.5 Å². The lowest BCUT2D eigenvalue weighted by Gasteiger charge is -2.27. The van der Waals surface area contributed by atoms with Crippen LogP contribution in [-0.2, 0) is 13.3 Å². The van der Waals surface area contributed by atoms with E-state index in [1.165, 1.54) is 6.42 Å². The number of benzene rings is 3. The van der Waals surface area contributed by atoms with Crippen molar-refractivity contribution in [2.24, 2.45) is 10.2 Å². The molecule has 1 aliphatic heterocycles. The molecular weight excluding hydrogens is 440 g/mol. The van der Waals surface area contributed by atoms with Crippen LogP contribution in [0.5, 0.6) is 11.6 Å². The van der Waals surface area contributed by atoms with Gasteiger partial charge in [-0.25, -0.2) is 0 Å². The predicted octanol–water partition coefficient (Wildman–Crippen LogP) is 6.29. The number of ether oxygens (including phenoxy) is 1. The molecule has 0 unspecified atom stereocenters. The molecule has 3 aromatic carbocycles. The van der Waals surface area contributed by atoms with Gasteiger partial charge in [0.1, 0.15) is 12.4 Å². The first-order valence-electron chi connectivity index (χ1n) is 11.9. The van der Waals surface area contributed by atoms with Crippen LogP contribution in [0.2, 0.25) is 0 Å². The number of hydrogen-bond donors (Lipinski definition) is 1. The number of piperidine rings is 1. The molecule has 0 bridgehead atoms. The summed E-state index contributed by atoms with van der Waals surface area (Å²) >= 11 is 0. The summed E-state index contributed by atoms with van der Waals surface area (Å²) in [5.74, 6) is -0.0695. The highest BCUT2D eigenvalue weighted by atomic mass is 16.5. The van der Waals surface area contributed by atoms with Gasteiger partial charge in [-0.05, 0) is 49.7 Å². The Balaban J connectivity index is 1.39. The summed E-state index contributed by atoms with van der Waals surface area (Å²) in [5.41, 5.74) is 2.49. The first-order chi connectivity index (χ1) is 17.2. The summed E-state index contributed by atoms with van der Waals surface area (Å²) in [6.45, 7) is 2.92. The number of hydrogen-bond acceptors (Lipinski definition) is 5. The molecule has 0 spiro atoms. The monoisotopic (exact) mass is 468 g/mol. The first kappa shape index (κ1) is 22.8. The smallest absolute Gasteiger partial charge is 0.299 e. The fourth-order valence-electron chi connectivity index (χ4n) is 4.47. The van der Waals surface area contributed by atoms with Crippen LogP contribution in [0, 0.1) is 0 Å². The van der Waals surface area contributed by atoms with Crippen LogP contribution < -0.4 is 4.74 Å². The highest BCUT2D eigenvalue weighted by Gasteiger charge is 2.20. The topological polar surface area (TPSA) is 79.4 Å². The number of nitrogens with zero attached hydrogens (tertiary/aromatic N) is 4. The van der Waals surface area contributed by atoms with E-state index in [1.54, 1.807) is 18.2 Å². The molecular formula is C28H28N4O3. The maximum Gasteiger partial charge on any atom is 0.299 e. The molecule has 178 valence electrons. The molecule has 0 atom stereocenters. The molecule has 0 saturated carbocycles. The number of para-hydroxylation sites is 2. The molecule has 0 aliphatic carbocycles. The molecule has 5 rings (SSSR count). The van der Waals surface area contributed by atoms with Crippen molar-refractivity contribution in [1.82, 2.24) is 9.47 Å². The average Bonchev–Trinajstić information content (AvgIpc) is 3.18. The van der Waals surface area contributed by atoms with Crippen LogP contribution in [0.25, 0.3) is 10.9 Å². The molecule has 0 radical (unpaired) electrons. The highest BCUT2D eigenvalue weighted by molar-refractivity contribution is 5.98. The van der Waals surface area contributed by atoms with E-state index in [2.05, 4.69) is 15.1 Å². The minimum atomic E-state index is -0.527. The van der Waals surface area contributed by atoms with E-state index in [0.717, 1.165) is 42.4 Å². The Kier molecular flexibility index (Phi) is 6.86. The Labute approximate surface area is 204 Å². The van der Waals surface area contributed by atoms with Crippen molar-refractivity contribution in [1.29, 1.82) is 0 Å². The number of fused-ring (bicyclic) bond motifs is 1. The van der Waals surface area contributed by atoms with Crippen LogP contribution in [-0.4, -0.2) is 33.6 Å². The SMILES string of the molecule is O=C(N=Nc1c(O)n(CN2CCCCC2)c2ccccc12)c1ccccc1OCc1ccccc1. The van der Waals surface area contributed by atoms with Gasteiger partial charge in [-0.2, -0.15) is 0 Å². The third-order valence-electron chi connectivity index (χ3n) is 6.30. The van der Waals surface area contributed by atoms with Crippen molar-refractivity contribution >= 4 is 22.5 Å². The maximum absolute atomic E-state index is 13.0. The summed E-state index contributed by atoms with van der Waals surface area (Å²) < 4.78 is 7.74. The van der Waals surface area contributed by atoms with Crippen molar-refractivity contribution in [3.8, 4) is 11.6 Å². The third kappa shape index (κ3) is 5.10. The van der Waals surface area contributed by atoms with Gasteiger partial charge in [0, 0.05) is 5.39 Å². The number of carbonyl (C=O) groups excluding carboxylic acids is 1. The van der Waals surface area contributed by atoms with Gasteiger partial charge in [-0.15, -0.1) is 10.2 Å². The summed E-state index contributed by atoms with van der Waals surface area (Å²) in [7, 11) is 0. The molecule has 1 saturated heterocycles. The summed E-state index contributed by atoms with van der Waals surface area (Å²) in [4.78, 5) is 15.3. The molecule has 1 fully saturated rings. The van der Waals surface area contributed by atoms with Gasteiger partial charge >= 0.3 is 0 Å². The lowest BCUT2D eigenvalue weighted by Crippen LogP contribution is -2.31. The Bertz CT molecular complexity index is 1340. The number of rotatable bonds is 7. The van der Waals surface area contributed by atoms with Crippen LogP contribution in [0.3, 0.4) is 0 Å². The normalized spacial score (nSPS) is 14.5. The van der Waals surface area contributed by atoms with Crippen molar-refractivity contribution in [2.75, 3.05) is 13.1 Å². The van der Waals surface area contributed by atoms with E-state index >= 15 is 0 Å². The summed E-state index contributed by atoms with van der Waals surface area (Å²) in [5, 5.41) is 20.0. The third-order valence-corrected chi connectivity index (χ3v) is 6.30. The van der Waals surface area contributed by atoms with Crippen LogP contribution in [0.1, 0.15) is 35.2 Å². The molecule has 2 heterocycles. The highest BCUT2D eigenvalue weighted by Crippen LogP contribution is 2.39. The van der Waals surface area contributed by atoms with Gasteiger partial charge in [0.05, 0.1) is 17.7 Å². The zero-order valence-corrected chi connectivity index (χ0v) is 19.5. The number of aromatic nitrogens is 1. The van der Waals surface area contributed by atoms with E-state index in [-0.39, 0.29) is 5.88 Å². The lowest BCUT2D eigenvalue weighted by atomic mass is 10.1. The molecule has 1 amide bonds. The number of azo groups is 1. The van der Waals surface area contributed by atoms with E-state index in [1.807, 2.05) is 65.2 Å². The fourth-order valence-corrected chi connectivity index (χ4v) is 4.47. The van der Waals surface area contributed by atoms with Gasteiger partial charge in [0.25, 0.3) is 5.91 Å². The minimum absolute atomic E-state index is 0.0157. The minimum Gasteiger partial charge on any atom is -0.493 e. The number of amides is 1. The number of carbonyl (C=O) groups is 1. The predicted molar refractivity (Wildman–Crippen MR) is 135 cm³/mol. The lowest BCUT2D eigenvalue weighted by molar-refractivity contribution is 0.0990. The maximum atomic E-state index is 13.0. The van der Waals surface area contributed by atoms with Crippen LogP contribution in [0.4, 0.5) is 5.69 Å². The van der Waals surface area contributed by atoms with Crippen molar-refractivity contribution in [3.05, 3.63) is 90.0 Å². The molecule has 1 aliphatic rings. The Hall–Kier alpha value is -3.97. The van der Waals surface area contributed by atoms with E-state index < -0.39 is 5.91 Å². The van der Waals surface area contributed by atoms with Crippen LogP contribution >= 0.6 is 0 Å². The summed E-state index contributed by atoms with van der Waals surface area (Å²) in [6, 6.07) is 24.4. The molecule has 1 N–H and O–H groups in total. The zero-order chi connectivity index (χ0) is 24.0.